The Morgan fingerprint density at radius 3 is 2.74 bits per heavy atom. The summed E-state index contributed by atoms with van der Waals surface area (Å²) in [4.78, 5) is 0. The highest BCUT2D eigenvalue weighted by atomic mass is 19.1. The normalized spacial score (nSPS) is 12.5. The van der Waals surface area contributed by atoms with Crippen LogP contribution < -0.4 is 10.5 Å². The van der Waals surface area contributed by atoms with Crippen molar-refractivity contribution in [3.8, 4) is 5.75 Å². The molecule has 5 nitrogen and oxygen atoms in total. The van der Waals surface area contributed by atoms with Gasteiger partial charge in [-0.1, -0.05) is 6.07 Å². The Morgan fingerprint density at radius 2 is 2.16 bits per heavy atom. The summed E-state index contributed by atoms with van der Waals surface area (Å²) >= 11 is 0. The molecular weight excluding hydrogens is 247 g/mol. The molecule has 2 aromatic rings. The topological polar surface area (TPSA) is 66.0 Å². The van der Waals surface area contributed by atoms with Gasteiger partial charge in [-0.05, 0) is 19.9 Å². The number of hydrogen-bond donors (Lipinski definition) is 1. The summed E-state index contributed by atoms with van der Waals surface area (Å²) in [7, 11) is 1.85. The molecule has 0 saturated carbocycles. The highest BCUT2D eigenvalue weighted by molar-refractivity contribution is 5.36. The van der Waals surface area contributed by atoms with Crippen molar-refractivity contribution >= 4 is 0 Å². The third-order valence-corrected chi connectivity index (χ3v) is 3.01. The SMILES string of the molecule is Cc1nnc(COc2cc(F)ccc2C(C)N)n1C. The first kappa shape index (κ1) is 13.5. The molecule has 6 heteroatoms. The molecule has 0 spiro atoms. The maximum atomic E-state index is 13.3. The number of aromatic nitrogens is 3. The smallest absolute Gasteiger partial charge is 0.170 e. The lowest BCUT2D eigenvalue weighted by Crippen LogP contribution is -2.10. The van der Waals surface area contributed by atoms with Crippen LogP contribution in [0.5, 0.6) is 5.75 Å². The molecule has 1 atom stereocenters. The van der Waals surface area contributed by atoms with Crippen molar-refractivity contribution in [1.82, 2.24) is 14.8 Å². The van der Waals surface area contributed by atoms with E-state index in [2.05, 4.69) is 10.2 Å². The van der Waals surface area contributed by atoms with E-state index in [4.69, 9.17) is 10.5 Å². The van der Waals surface area contributed by atoms with Gasteiger partial charge in [-0.25, -0.2) is 4.39 Å². The van der Waals surface area contributed by atoms with Crippen LogP contribution in [0, 0.1) is 12.7 Å². The molecule has 0 radical (unpaired) electrons. The monoisotopic (exact) mass is 264 g/mol. The van der Waals surface area contributed by atoms with Crippen LogP contribution in [-0.4, -0.2) is 14.8 Å². The third kappa shape index (κ3) is 2.90. The number of rotatable bonds is 4. The molecule has 0 aliphatic rings. The number of aryl methyl sites for hydroxylation is 1. The number of benzene rings is 1. The van der Waals surface area contributed by atoms with Gasteiger partial charge >= 0.3 is 0 Å². The minimum atomic E-state index is -0.353. The molecule has 0 aliphatic carbocycles. The molecular formula is C13H17FN4O. The zero-order valence-electron chi connectivity index (χ0n) is 11.2. The molecule has 0 bridgehead atoms. The molecule has 0 saturated heterocycles. The van der Waals surface area contributed by atoms with Gasteiger partial charge in [-0.3, -0.25) is 0 Å². The Morgan fingerprint density at radius 1 is 1.42 bits per heavy atom. The third-order valence-electron chi connectivity index (χ3n) is 3.01. The van der Waals surface area contributed by atoms with Crippen LogP contribution in [0.2, 0.25) is 0 Å². The van der Waals surface area contributed by atoms with Crippen molar-refractivity contribution in [3.63, 3.8) is 0 Å². The molecule has 2 rings (SSSR count). The van der Waals surface area contributed by atoms with E-state index in [1.807, 2.05) is 25.5 Å². The van der Waals surface area contributed by atoms with E-state index in [-0.39, 0.29) is 18.5 Å². The van der Waals surface area contributed by atoms with Crippen LogP contribution >= 0.6 is 0 Å². The number of hydrogen-bond acceptors (Lipinski definition) is 4. The van der Waals surface area contributed by atoms with E-state index in [1.54, 1.807) is 6.07 Å². The summed E-state index contributed by atoms with van der Waals surface area (Å²) in [5.41, 5.74) is 6.60. The lowest BCUT2D eigenvalue weighted by atomic mass is 10.1. The second-order valence-corrected chi connectivity index (χ2v) is 4.48. The maximum Gasteiger partial charge on any atom is 0.170 e. The van der Waals surface area contributed by atoms with Crippen molar-refractivity contribution in [2.75, 3.05) is 0 Å². The van der Waals surface area contributed by atoms with Crippen molar-refractivity contribution in [2.24, 2.45) is 12.8 Å². The van der Waals surface area contributed by atoms with Crippen LogP contribution in [0.15, 0.2) is 18.2 Å². The van der Waals surface area contributed by atoms with Gasteiger partial charge in [0.1, 0.15) is 24.0 Å². The largest absolute Gasteiger partial charge is 0.485 e. The van der Waals surface area contributed by atoms with E-state index >= 15 is 0 Å². The Bertz CT molecular complexity index is 580. The van der Waals surface area contributed by atoms with E-state index in [9.17, 15) is 4.39 Å². The van der Waals surface area contributed by atoms with Crippen molar-refractivity contribution in [1.29, 1.82) is 0 Å². The highest BCUT2D eigenvalue weighted by Crippen LogP contribution is 2.25. The quantitative estimate of drug-likeness (QED) is 0.915. The molecule has 1 heterocycles. The average Bonchev–Trinajstić information content (AvgIpc) is 2.67. The molecule has 0 amide bonds. The summed E-state index contributed by atoms with van der Waals surface area (Å²) in [5.74, 6) is 1.56. The summed E-state index contributed by atoms with van der Waals surface area (Å²) in [5, 5.41) is 7.93. The molecule has 102 valence electrons. The van der Waals surface area contributed by atoms with Crippen LogP contribution in [0.25, 0.3) is 0 Å². The number of nitrogens with two attached hydrogens (primary N) is 1. The van der Waals surface area contributed by atoms with Gasteiger partial charge in [0.25, 0.3) is 0 Å². The summed E-state index contributed by atoms with van der Waals surface area (Å²) < 4.78 is 20.7. The fourth-order valence-electron chi connectivity index (χ4n) is 1.73. The van der Waals surface area contributed by atoms with E-state index in [1.165, 1.54) is 12.1 Å². The molecule has 2 N–H and O–H groups in total. The Balaban J connectivity index is 2.19. The number of halogens is 1. The summed E-state index contributed by atoms with van der Waals surface area (Å²) in [6.45, 7) is 3.90. The zero-order chi connectivity index (χ0) is 14.0. The lowest BCUT2D eigenvalue weighted by Gasteiger charge is -2.13. The predicted molar refractivity (Wildman–Crippen MR) is 69.1 cm³/mol. The van der Waals surface area contributed by atoms with Crippen LogP contribution in [0.4, 0.5) is 4.39 Å². The minimum absolute atomic E-state index is 0.223. The van der Waals surface area contributed by atoms with Gasteiger partial charge in [0.15, 0.2) is 5.82 Å². The van der Waals surface area contributed by atoms with Gasteiger partial charge in [0.2, 0.25) is 0 Å². The lowest BCUT2D eigenvalue weighted by molar-refractivity contribution is 0.285. The predicted octanol–water partition coefficient (Wildman–Crippen LogP) is 1.86. The Kier molecular flexibility index (Phi) is 3.80. The molecule has 0 aliphatic heterocycles. The number of nitrogens with zero attached hydrogens (tertiary/aromatic N) is 3. The first-order valence-corrected chi connectivity index (χ1v) is 6.01. The molecule has 1 aromatic carbocycles. The van der Waals surface area contributed by atoms with Crippen molar-refractivity contribution in [2.45, 2.75) is 26.5 Å². The van der Waals surface area contributed by atoms with Gasteiger partial charge in [0.05, 0.1) is 0 Å². The van der Waals surface area contributed by atoms with Crippen LogP contribution in [0.1, 0.15) is 30.2 Å². The van der Waals surface area contributed by atoms with Crippen molar-refractivity contribution in [3.05, 3.63) is 41.2 Å². The fourth-order valence-corrected chi connectivity index (χ4v) is 1.73. The first-order chi connectivity index (χ1) is 8.99. The fraction of sp³-hybridized carbons (Fsp3) is 0.385. The van der Waals surface area contributed by atoms with Crippen LogP contribution in [-0.2, 0) is 13.7 Å². The molecule has 1 unspecified atom stereocenters. The molecule has 0 fully saturated rings. The second kappa shape index (κ2) is 5.36. The minimum Gasteiger partial charge on any atom is -0.485 e. The maximum absolute atomic E-state index is 13.3. The van der Waals surface area contributed by atoms with Gasteiger partial charge in [-0.15, -0.1) is 10.2 Å². The van der Waals surface area contributed by atoms with Gasteiger partial charge in [-0.2, -0.15) is 0 Å². The molecule has 19 heavy (non-hydrogen) atoms. The van der Waals surface area contributed by atoms with Crippen molar-refractivity contribution < 1.29 is 9.13 Å². The van der Waals surface area contributed by atoms with E-state index < -0.39 is 0 Å². The van der Waals surface area contributed by atoms with Gasteiger partial charge < -0.3 is 15.0 Å². The average molecular weight is 264 g/mol. The van der Waals surface area contributed by atoms with E-state index in [0.29, 0.717) is 11.6 Å². The van der Waals surface area contributed by atoms with E-state index in [0.717, 1.165) is 11.4 Å². The second-order valence-electron chi connectivity index (χ2n) is 4.48. The van der Waals surface area contributed by atoms with Crippen LogP contribution in [0.3, 0.4) is 0 Å². The Labute approximate surface area is 111 Å². The zero-order valence-corrected chi connectivity index (χ0v) is 11.2. The summed E-state index contributed by atoms with van der Waals surface area (Å²) in [6, 6.07) is 4.12. The standard InChI is InChI=1S/C13H17FN4O/c1-8(15)11-5-4-10(14)6-12(11)19-7-13-17-16-9(2)18(13)3/h4-6,8H,7,15H2,1-3H3. The van der Waals surface area contributed by atoms with Gasteiger partial charge in [0, 0.05) is 24.7 Å². The molecule has 1 aromatic heterocycles. The Hall–Kier alpha value is -1.95. The first-order valence-electron chi connectivity index (χ1n) is 6.01. The number of ether oxygens (including phenoxy) is 1. The highest BCUT2D eigenvalue weighted by Gasteiger charge is 2.11. The summed E-state index contributed by atoms with van der Waals surface area (Å²) in [6.07, 6.45) is 0.